The lowest BCUT2D eigenvalue weighted by Crippen LogP contribution is -2.29. The number of methoxy groups -OCH3 is 2. The summed E-state index contributed by atoms with van der Waals surface area (Å²) in [6, 6.07) is 15.5. The third kappa shape index (κ3) is 5.55. The van der Waals surface area contributed by atoms with E-state index in [1.807, 2.05) is 53.2 Å². The molecule has 2 aromatic carbocycles. The van der Waals surface area contributed by atoms with E-state index in [9.17, 15) is 4.79 Å². The minimum atomic E-state index is -0.130. The predicted molar refractivity (Wildman–Crippen MR) is 134 cm³/mol. The molecule has 0 aliphatic carbocycles. The number of benzene rings is 2. The van der Waals surface area contributed by atoms with E-state index in [2.05, 4.69) is 25.4 Å². The number of rotatable bonds is 10. The number of pyridine rings is 1. The van der Waals surface area contributed by atoms with Crippen LogP contribution in [0.25, 0.3) is 10.9 Å². The van der Waals surface area contributed by atoms with Gasteiger partial charge in [-0.25, -0.2) is 4.68 Å². The van der Waals surface area contributed by atoms with Crippen LogP contribution in [0.15, 0.2) is 53.3 Å². The number of aromatic nitrogens is 5. The Morgan fingerprint density at radius 1 is 1.06 bits per heavy atom. The number of nitrogens with one attached hydrogen (secondary N) is 1. The lowest BCUT2D eigenvalue weighted by atomic mass is 10.1. The van der Waals surface area contributed by atoms with Crippen molar-refractivity contribution in [2.45, 2.75) is 45.1 Å². The summed E-state index contributed by atoms with van der Waals surface area (Å²) < 4.78 is 18.2. The Morgan fingerprint density at radius 2 is 1.86 bits per heavy atom. The molecule has 0 amide bonds. The number of H-pyrrole nitrogens is 1. The summed E-state index contributed by atoms with van der Waals surface area (Å²) in [5.41, 5.74) is 2.37. The van der Waals surface area contributed by atoms with E-state index < -0.39 is 0 Å². The van der Waals surface area contributed by atoms with Gasteiger partial charge in [0.25, 0.3) is 5.56 Å². The number of tetrazole rings is 1. The van der Waals surface area contributed by atoms with Gasteiger partial charge in [-0.05, 0) is 64.5 Å². The maximum Gasteiger partial charge on any atom is 0.252 e. The summed E-state index contributed by atoms with van der Waals surface area (Å²) in [5.74, 6) is 2.23. The van der Waals surface area contributed by atoms with Crippen molar-refractivity contribution in [3.8, 4) is 11.5 Å². The molecule has 1 aliphatic rings. The van der Waals surface area contributed by atoms with Crippen LogP contribution in [0.4, 0.5) is 0 Å². The zero-order chi connectivity index (χ0) is 24.9. The van der Waals surface area contributed by atoms with Gasteiger partial charge in [0.2, 0.25) is 0 Å². The van der Waals surface area contributed by atoms with Gasteiger partial charge in [0.15, 0.2) is 5.82 Å². The summed E-state index contributed by atoms with van der Waals surface area (Å²) in [6.07, 6.45) is 2.19. The van der Waals surface area contributed by atoms with Crippen LogP contribution in [0.3, 0.4) is 0 Å². The van der Waals surface area contributed by atoms with Crippen molar-refractivity contribution in [3.63, 3.8) is 0 Å². The first-order valence-electron chi connectivity index (χ1n) is 12.0. The van der Waals surface area contributed by atoms with Crippen molar-refractivity contribution in [1.29, 1.82) is 0 Å². The molecule has 2 aromatic heterocycles. The molecule has 0 bridgehead atoms. The molecular formula is C26H30N6O4. The van der Waals surface area contributed by atoms with Gasteiger partial charge in [-0.15, -0.1) is 5.10 Å². The van der Waals surface area contributed by atoms with Gasteiger partial charge >= 0.3 is 0 Å². The third-order valence-corrected chi connectivity index (χ3v) is 6.46. The minimum absolute atomic E-state index is 0.127. The molecular weight excluding hydrogens is 460 g/mol. The second kappa shape index (κ2) is 10.9. The molecule has 1 N–H and O–H groups in total. The number of aromatic amines is 1. The highest BCUT2D eigenvalue weighted by molar-refractivity contribution is 5.80. The maximum absolute atomic E-state index is 13.0. The molecule has 0 radical (unpaired) electrons. The minimum Gasteiger partial charge on any atom is -0.497 e. The number of hydrogen-bond acceptors (Lipinski definition) is 8. The highest BCUT2D eigenvalue weighted by atomic mass is 16.5. The molecule has 10 heteroatoms. The topological polar surface area (TPSA) is 107 Å². The smallest absolute Gasteiger partial charge is 0.252 e. The predicted octanol–water partition coefficient (Wildman–Crippen LogP) is 2.91. The summed E-state index contributed by atoms with van der Waals surface area (Å²) in [5, 5.41) is 13.3. The zero-order valence-electron chi connectivity index (χ0n) is 20.5. The van der Waals surface area contributed by atoms with Crippen molar-refractivity contribution in [1.82, 2.24) is 30.1 Å². The Labute approximate surface area is 208 Å². The highest BCUT2D eigenvalue weighted by Crippen LogP contribution is 2.21. The van der Waals surface area contributed by atoms with Crippen molar-refractivity contribution in [3.05, 3.63) is 75.8 Å². The molecule has 0 saturated carbocycles. The first kappa shape index (κ1) is 24.0. The Kier molecular flexibility index (Phi) is 7.24. The number of fused-ring (bicyclic) bond motifs is 1. The van der Waals surface area contributed by atoms with Gasteiger partial charge in [0.1, 0.15) is 11.5 Å². The molecule has 1 fully saturated rings. The monoisotopic (exact) mass is 490 g/mol. The Morgan fingerprint density at radius 3 is 2.61 bits per heavy atom. The summed E-state index contributed by atoms with van der Waals surface area (Å²) >= 11 is 0. The fourth-order valence-corrected chi connectivity index (χ4v) is 4.53. The van der Waals surface area contributed by atoms with Gasteiger partial charge < -0.3 is 19.2 Å². The standard InChI is InChI=1S/C26H30N6O4/c1-34-21-8-5-18(6-9-21)14-31(17-25-28-29-30-32(25)16-23-4-3-11-36-23)15-20-12-19-7-10-22(35-2)13-24(19)27-26(20)33/h5-10,12-13,23H,3-4,11,14-17H2,1-2H3,(H,27,33)/t23-/m1/s1. The van der Waals surface area contributed by atoms with Crippen LogP contribution in [0.2, 0.25) is 0 Å². The van der Waals surface area contributed by atoms with Crippen molar-refractivity contribution in [2.75, 3.05) is 20.8 Å². The Bertz CT molecular complexity index is 1360. The van der Waals surface area contributed by atoms with Gasteiger partial charge in [-0.1, -0.05) is 12.1 Å². The first-order valence-corrected chi connectivity index (χ1v) is 12.0. The van der Waals surface area contributed by atoms with Crippen LogP contribution in [0, 0.1) is 0 Å². The normalized spacial score (nSPS) is 15.6. The van der Waals surface area contributed by atoms with E-state index in [0.717, 1.165) is 47.5 Å². The van der Waals surface area contributed by atoms with Crippen LogP contribution in [0.5, 0.6) is 11.5 Å². The van der Waals surface area contributed by atoms with E-state index in [0.29, 0.717) is 37.5 Å². The van der Waals surface area contributed by atoms with Crippen LogP contribution in [-0.4, -0.2) is 57.0 Å². The second-order valence-electron chi connectivity index (χ2n) is 8.98. The molecule has 10 nitrogen and oxygen atoms in total. The van der Waals surface area contributed by atoms with Crippen LogP contribution in [-0.2, 0) is 30.9 Å². The van der Waals surface area contributed by atoms with Crippen LogP contribution < -0.4 is 15.0 Å². The zero-order valence-corrected chi connectivity index (χ0v) is 20.5. The molecule has 4 aromatic rings. The van der Waals surface area contributed by atoms with E-state index in [1.165, 1.54) is 0 Å². The van der Waals surface area contributed by atoms with Crippen molar-refractivity contribution in [2.24, 2.45) is 0 Å². The number of hydrogen-bond donors (Lipinski definition) is 1. The van der Waals surface area contributed by atoms with Gasteiger partial charge in [-0.3, -0.25) is 9.69 Å². The van der Waals surface area contributed by atoms with E-state index in [-0.39, 0.29) is 11.7 Å². The molecule has 36 heavy (non-hydrogen) atoms. The third-order valence-electron chi connectivity index (χ3n) is 6.46. The molecule has 3 heterocycles. The molecule has 1 aliphatic heterocycles. The van der Waals surface area contributed by atoms with Crippen LogP contribution >= 0.6 is 0 Å². The molecule has 5 rings (SSSR count). The largest absolute Gasteiger partial charge is 0.497 e. The number of ether oxygens (including phenoxy) is 3. The molecule has 1 saturated heterocycles. The second-order valence-corrected chi connectivity index (χ2v) is 8.98. The van der Waals surface area contributed by atoms with Gasteiger partial charge in [0.05, 0.1) is 38.9 Å². The molecule has 188 valence electrons. The van der Waals surface area contributed by atoms with E-state index >= 15 is 0 Å². The Hall–Kier alpha value is -3.76. The van der Waals surface area contributed by atoms with Crippen LogP contribution in [0.1, 0.15) is 29.8 Å². The van der Waals surface area contributed by atoms with Crippen molar-refractivity contribution < 1.29 is 14.2 Å². The summed E-state index contributed by atoms with van der Waals surface area (Å²) in [7, 11) is 3.26. The maximum atomic E-state index is 13.0. The van der Waals surface area contributed by atoms with Gasteiger partial charge in [-0.2, -0.15) is 0 Å². The number of nitrogens with zero attached hydrogens (tertiary/aromatic N) is 5. The quantitative estimate of drug-likeness (QED) is 0.362. The highest BCUT2D eigenvalue weighted by Gasteiger charge is 2.21. The lowest BCUT2D eigenvalue weighted by molar-refractivity contribution is 0.0914. The summed E-state index contributed by atoms with van der Waals surface area (Å²) in [6.45, 7) is 2.91. The lowest BCUT2D eigenvalue weighted by Gasteiger charge is -2.22. The molecule has 0 spiro atoms. The first-order chi connectivity index (χ1) is 17.6. The fourth-order valence-electron chi connectivity index (χ4n) is 4.53. The van der Waals surface area contributed by atoms with E-state index in [4.69, 9.17) is 14.2 Å². The van der Waals surface area contributed by atoms with Crippen molar-refractivity contribution >= 4 is 10.9 Å². The SMILES string of the molecule is COc1ccc(CN(Cc2cc3ccc(OC)cc3[nH]c2=O)Cc2nnnn2C[C@H]2CCCO2)cc1. The average Bonchev–Trinajstić information content (AvgIpc) is 3.57. The Balaban J connectivity index is 1.41. The van der Waals surface area contributed by atoms with Gasteiger partial charge in [0, 0.05) is 31.3 Å². The fraction of sp³-hybridized carbons (Fsp3) is 0.385. The summed E-state index contributed by atoms with van der Waals surface area (Å²) in [4.78, 5) is 18.2. The molecule has 1 atom stereocenters. The average molecular weight is 491 g/mol. The molecule has 0 unspecified atom stereocenters. The van der Waals surface area contributed by atoms with E-state index in [1.54, 1.807) is 14.2 Å².